The number of hydrogen-bond donors (Lipinski definition) is 1. The Morgan fingerprint density at radius 2 is 1.74 bits per heavy atom. The van der Waals surface area contributed by atoms with Crippen molar-refractivity contribution >= 4 is 17.5 Å². The summed E-state index contributed by atoms with van der Waals surface area (Å²) >= 11 is 0. The fraction of sp³-hybridized carbons (Fsp3) is 0.333. The molecule has 1 aliphatic heterocycles. The second-order valence-electron chi connectivity index (χ2n) is 6.47. The lowest BCUT2D eigenvalue weighted by Crippen LogP contribution is -2.32. The molecule has 2 aromatic rings. The van der Waals surface area contributed by atoms with Gasteiger partial charge in [0.1, 0.15) is 11.5 Å². The molecule has 0 spiro atoms. The predicted molar refractivity (Wildman–Crippen MR) is 103 cm³/mol. The van der Waals surface area contributed by atoms with Gasteiger partial charge in [-0.1, -0.05) is 24.3 Å². The number of rotatable bonds is 7. The molecule has 6 nitrogen and oxygen atoms in total. The van der Waals surface area contributed by atoms with Gasteiger partial charge >= 0.3 is 0 Å². The van der Waals surface area contributed by atoms with Gasteiger partial charge in [0.25, 0.3) is 11.8 Å². The number of anilines is 1. The Bertz CT molecular complexity index is 773. The van der Waals surface area contributed by atoms with Crippen LogP contribution in [0.5, 0.6) is 11.5 Å². The maximum atomic E-state index is 12.3. The van der Waals surface area contributed by atoms with Crippen molar-refractivity contribution in [3.8, 4) is 11.5 Å². The summed E-state index contributed by atoms with van der Waals surface area (Å²) in [4.78, 5) is 26.2. The summed E-state index contributed by atoms with van der Waals surface area (Å²) in [5.74, 6) is 0.908. The van der Waals surface area contributed by atoms with Crippen molar-refractivity contribution in [1.29, 1.82) is 0 Å². The van der Waals surface area contributed by atoms with E-state index in [1.807, 2.05) is 23.1 Å². The first-order chi connectivity index (χ1) is 13.1. The first-order valence-electron chi connectivity index (χ1n) is 9.15. The van der Waals surface area contributed by atoms with Gasteiger partial charge in [0.15, 0.2) is 12.7 Å². The zero-order chi connectivity index (χ0) is 19.1. The van der Waals surface area contributed by atoms with Crippen LogP contribution in [-0.4, -0.2) is 42.5 Å². The minimum atomic E-state index is -0.645. The van der Waals surface area contributed by atoms with Gasteiger partial charge in [0.2, 0.25) is 0 Å². The van der Waals surface area contributed by atoms with Crippen molar-refractivity contribution in [3.63, 3.8) is 0 Å². The minimum Gasteiger partial charge on any atom is -0.484 e. The van der Waals surface area contributed by atoms with E-state index >= 15 is 0 Å². The van der Waals surface area contributed by atoms with E-state index in [9.17, 15) is 9.59 Å². The highest BCUT2D eigenvalue weighted by Crippen LogP contribution is 2.19. The first-order valence-corrected chi connectivity index (χ1v) is 9.15. The molecule has 2 amide bonds. The zero-order valence-electron chi connectivity index (χ0n) is 15.4. The Hall–Kier alpha value is -3.02. The molecule has 27 heavy (non-hydrogen) atoms. The molecule has 142 valence electrons. The molecule has 1 aliphatic rings. The van der Waals surface area contributed by atoms with Gasteiger partial charge in [-0.25, -0.2) is 0 Å². The number of para-hydroxylation sites is 1. The Kier molecular flexibility index (Phi) is 6.30. The van der Waals surface area contributed by atoms with Gasteiger partial charge in [-0.15, -0.1) is 0 Å². The molecule has 1 saturated heterocycles. The summed E-state index contributed by atoms with van der Waals surface area (Å²) < 4.78 is 11.2. The lowest BCUT2D eigenvalue weighted by molar-refractivity contribution is -0.132. The van der Waals surface area contributed by atoms with Crippen molar-refractivity contribution < 1.29 is 19.1 Å². The van der Waals surface area contributed by atoms with Crippen LogP contribution >= 0.6 is 0 Å². The summed E-state index contributed by atoms with van der Waals surface area (Å²) in [5.41, 5.74) is 0.592. The normalized spacial score (nSPS) is 14.5. The van der Waals surface area contributed by atoms with Crippen LogP contribution in [0.1, 0.15) is 19.8 Å². The smallest absolute Gasteiger partial charge is 0.265 e. The number of carbonyl (C=O) groups is 2. The summed E-state index contributed by atoms with van der Waals surface area (Å²) in [6.07, 6.45) is 1.46. The molecule has 1 fully saturated rings. The van der Waals surface area contributed by atoms with Gasteiger partial charge in [-0.3, -0.25) is 9.59 Å². The average Bonchev–Trinajstić information content (AvgIpc) is 3.22. The van der Waals surface area contributed by atoms with Crippen molar-refractivity contribution in [2.24, 2.45) is 0 Å². The summed E-state index contributed by atoms with van der Waals surface area (Å²) in [6, 6.07) is 16.2. The molecule has 1 N–H and O–H groups in total. The molecule has 0 saturated carbocycles. The molecule has 2 aromatic carbocycles. The maximum Gasteiger partial charge on any atom is 0.265 e. The topological polar surface area (TPSA) is 67.9 Å². The van der Waals surface area contributed by atoms with Gasteiger partial charge in [-0.2, -0.15) is 0 Å². The Balaban J connectivity index is 1.52. The van der Waals surface area contributed by atoms with Crippen molar-refractivity contribution in [2.75, 3.05) is 25.0 Å². The van der Waals surface area contributed by atoms with Crippen LogP contribution in [0, 0.1) is 0 Å². The highest BCUT2D eigenvalue weighted by Gasteiger charge is 2.18. The van der Waals surface area contributed by atoms with E-state index in [4.69, 9.17) is 9.47 Å². The highest BCUT2D eigenvalue weighted by molar-refractivity contribution is 5.94. The number of ether oxygens (including phenoxy) is 2. The quantitative estimate of drug-likeness (QED) is 0.815. The fourth-order valence-electron chi connectivity index (χ4n) is 2.87. The van der Waals surface area contributed by atoms with Crippen LogP contribution in [0.3, 0.4) is 0 Å². The molecule has 1 atom stereocenters. The van der Waals surface area contributed by atoms with Crippen LogP contribution in [0.4, 0.5) is 5.69 Å². The van der Waals surface area contributed by atoms with Crippen LogP contribution < -0.4 is 14.8 Å². The van der Waals surface area contributed by atoms with E-state index in [-0.39, 0.29) is 18.4 Å². The Morgan fingerprint density at radius 1 is 1.04 bits per heavy atom. The molecule has 0 radical (unpaired) electrons. The fourth-order valence-corrected chi connectivity index (χ4v) is 2.87. The number of benzene rings is 2. The molecule has 0 aliphatic carbocycles. The third kappa shape index (κ3) is 5.48. The van der Waals surface area contributed by atoms with E-state index in [2.05, 4.69) is 5.32 Å². The number of likely N-dealkylation sites (tertiary alicyclic amines) is 1. The summed E-state index contributed by atoms with van der Waals surface area (Å²) in [5, 5.41) is 2.81. The monoisotopic (exact) mass is 368 g/mol. The van der Waals surface area contributed by atoms with Gasteiger partial charge < -0.3 is 19.7 Å². The lowest BCUT2D eigenvalue weighted by atomic mass is 10.2. The number of amides is 2. The number of nitrogens with one attached hydrogen (secondary N) is 1. The molecule has 3 rings (SSSR count). The van der Waals surface area contributed by atoms with E-state index < -0.39 is 6.10 Å². The van der Waals surface area contributed by atoms with Crippen LogP contribution in [0.25, 0.3) is 0 Å². The largest absolute Gasteiger partial charge is 0.484 e. The van der Waals surface area contributed by atoms with E-state index in [1.165, 1.54) is 0 Å². The van der Waals surface area contributed by atoms with Gasteiger partial charge in [0.05, 0.1) is 0 Å². The SMILES string of the molecule is CC(Oc1ccccc1)C(=O)Nc1cccc(OCC(=O)N2CCCC2)c1. The maximum absolute atomic E-state index is 12.3. The summed E-state index contributed by atoms with van der Waals surface area (Å²) in [7, 11) is 0. The van der Waals surface area contributed by atoms with Crippen molar-refractivity contribution in [1.82, 2.24) is 4.90 Å². The second kappa shape index (κ2) is 9.07. The lowest BCUT2D eigenvalue weighted by Gasteiger charge is -2.16. The van der Waals surface area contributed by atoms with Crippen molar-refractivity contribution in [2.45, 2.75) is 25.9 Å². The number of hydrogen-bond acceptors (Lipinski definition) is 4. The predicted octanol–water partition coefficient (Wildman–Crippen LogP) is 3.09. The molecular formula is C21H24N2O4. The molecular weight excluding hydrogens is 344 g/mol. The molecule has 1 unspecified atom stereocenters. The summed E-state index contributed by atoms with van der Waals surface area (Å²) in [6.45, 7) is 3.30. The molecule has 0 aromatic heterocycles. The van der Waals surface area contributed by atoms with Crippen LogP contribution in [-0.2, 0) is 9.59 Å². The minimum absolute atomic E-state index is 0.00488. The number of carbonyl (C=O) groups excluding carboxylic acids is 2. The third-order valence-corrected chi connectivity index (χ3v) is 4.35. The molecule has 0 bridgehead atoms. The second-order valence-corrected chi connectivity index (χ2v) is 6.47. The van der Waals surface area contributed by atoms with E-state index in [0.717, 1.165) is 25.9 Å². The van der Waals surface area contributed by atoms with Gasteiger partial charge in [0, 0.05) is 24.8 Å². The third-order valence-electron chi connectivity index (χ3n) is 4.35. The average molecular weight is 368 g/mol. The zero-order valence-corrected chi connectivity index (χ0v) is 15.4. The standard InChI is InChI=1S/C21H24N2O4/c1-16(27-18-9-3-2-4-10-18)21(25)22-17-8-7-11-19(14-17)26-15-20(24)23-12-5-6-13-23/h2-4,7-11,14,16H,5-6,12-13,15H2,1H3,(H,22,25). The highest BCUT2D eigenvalue weighted by atomic mass is 16.5. The van der Waals surface area contributed by atoms with Gasteiger partial charge in [-0.05, 0) is 44.0 Å². The number of nitrogens with zero attached hydrogens (tertiary/aromatic N) is 1. The van der Waals surface area contributed by atoms with E-state index in [1.54, 1.807) is 43.3 Å². The van der Waals surface area contributed by atoms with Crippen molar-refractivity contribution in [3.05, 3.63) is 54.6 Å². The van der Waals surface area contributed by atoms with Crippen LogP contribution in [0.2, 0.25) is 0 Å². The first kappa shape index (κ1) is 18.8. The Morgan fingerprint density at radius 3 is 2.48 bits per heavy atom. The molecule has 6 heteroatoms. The van der Waals surface area contributed by atoms with E-state index in [0.29, 0.717) is 17.2 Å². The van der Waals surface area contributed by atoms with Crippen LogP contribution in [0.15, 0.2) is 54.6 Å². The molecule has 1 heterocycles. The Labute approximate surface area is 159 Å².